The largest absolute Gasteiger partial charge is 0.322 e. The molecule has 0 saturated carbocycles. The summed E-state index contributed by atoms with van der Waals surface area (Å²) in [4.78, 5) is 25.0. The Morgan fingerprint density at radius 1 is 1.21 bits per heavy atom. The Hall–Kier alpha value is -3.55. The minimum absolute atomic E-state index is 0.246. The van der Waals surface area contributed by atoms with E-state index in [9.17, 15) is 4.79 Å². The smallest absolute Gasteiger partial charge is 0.257 e. The molecule has 8 nitrogen and oxygen atoms in total. The van der Waals surface area contributed by atoms with Gasteiger partial charge in [-0.2, -0.15) is 5.10 Å². The van der Waals surface area contributed by atoms with E-state index in [0.29, 0.717) is 22.6 Å². The van der Waals surface area contributed by atoms with Crippen molar-refractivity contribution >= 4 is 22.8 Å². The summed E-state index contributed by atoms with van der Waals surface area (Å²) < 4.78 is 1.80. The van der Waals surface area contributed by atoms with E-state index in [1.54, 1.807) is 23.2 Å². The summed E-state index contributed by atoms with van der Waals surface area (Å²) in [5, 5.41) is 9.48. The van der Waals surface area contributed by atoms with Gasteiger partial charge in [0.15, 0.2) is 11.5 Å². The van der Waals surface area contributed by atoms with Crippen LogP contribution >= 0.6 is 0 Å². The molecular formula is C16H13N7O. The maximum Gasteiger partial charge on any atom is 0.257 e. The lowest BCUT2D eigenvalue weighted by molar-refractivity contribution is 0.102. The van der Waals surface area contributed by atoms with E-state index in [1.807, 2.05) is 31.3 Å². The highest BCUT2D eigenvalue weighted by Crippen LogP contribution is 2.19. The first-order chi connectivity index (χ1) is 11.7. The number of imidazole rings is 1. The van der Waals surface area contributed by atoms with Gasteiger partial charge < -0.3 is 9.88 Å². The number of benzene rings is 1. The first-order valence-electron chi connectivity index (χ1n) is 7.25. The number of pyridine rings is 1. The van der Waals surface area contributed by atoms with Crippen molar-refractivity contribution in [1.82, 2.24) is 29.7 Å². The summed E-state index contributed by atoms with van der Waals surface area (Å²) >= 11 is 0. The third-order valence-electron chi connectivity index (χ3n) is 3.62. The number of H-pyrrole nitrogens is 1. The Bertz CT molecular complexity index is 1020. The lowest BCUT2D eigenvalue weighted by Gasteiger charge is -2.06. The summed E-state index contributed by atoms with van der Waals surface area (Å²) in [6, 6.07) is 9.08. The van der Waals surface area contributed by atoms with Gasteiger partial charge in [-0.3, -0.25) is 9.89 Å². The van der Waals surface area contributed by atoms with Gasteiger partial charge in [-0.1, -0.05) is 12.1 Å². The van der Waals surface area contributed by atoms with E-state index >= 15 is 0 Å². The molecule has 8 heteroatoms. The van der Waals surface area contributed by atoms with Gasteiger partial charge in [0, 0.05) is 24.5 Å². The van der Waals surface area contributed by atoms with Crippen LogP contribution in [0.4, 0.5) is 5.69 Å². The van der Waals surface area contributed by atoms with Crippen molar-refractivity contribution in [3.05, 3.63) is 54.7 Å². The molecule has 4 aromatic rings. The van der Waals surface area contributed by atoms with Gasteiger partial charge >= 0.3 is 0 Å². The Morgan fingerprint density at radius 2 is 2.12 bits per heavy atom. The van der Waals surface area contributed by atoms with Crippen LogP contribution in [0.3, 0.4) is 0 Å². The van der Waals surface area contributed by atoms with Crippen LogP contribution in [0, 0.1) is 0 Å². The quantitative estimate of drug-likeness (QED) is 0.601. The maximum atomic E-state index is 12.4. The van der Waals surface area contributed by atoms with E-state index in [4.69, 9.17) is 0 Å². The highest BCUT2D eigenvalue weighted by atomic mass is 16.1. The molecule has 3 heterocycles. The molecule has 0 spiro atoms. The standard InChI is InChI=1S/C16H13N7O/c1-23-9-19-13-6-11(7-17-15(13)23)16(24)21-12-4-2-3-10(5-12)14-18-8-20-22-14/h2-9H,1H3,(H,21,24)(H,18,20,22). The van der Waals surface area contributed by atoms with Crippen molar-refractivity contribution in [2.75, 3.05) is 5.32 Å². The number of carbonyl (C=O) groups excluding carboxylic acids is 1. The molecule has 4 rings (SSSR count). The second-order valence-electron chi connectivity index (χ2n) is 5.29. The van der Waals surface area contributed by atoms with Crippen LogP contribution in [0.1, 0.15) is 10.4 Å². The zero-order valence-electron chi connectivity index (χ0n) is 12.8. The number of aromatic nitrogens is 6. The number of fused-ring (bicyclic) bond motifs is 1. The van der Waals surface area contributed by atoms with E-state index in [-0.39, 0.29) is 5.91 Å². The fourth-order valence-electron chi connectivity index (χ4n) is 2.43. The Kier molecular flexibility index (Phi) is 3.27. The molecule has 3 aromatic heterocycles. The van der Waals surface area contributed by atoms with Crippen LogP contribution in [0.25, 0.3) is 22.6 Å². The average molecular weight is 319 g/mol. The highest BCUT2D eigenvalue weighted by molar-refractivity contribution is 6.05. The van der Waals surface area contributed by atoms with Gasteiger partial charge in [0.2, 0.25) is 0 Å². The SMILES string of the molecule is Cn1cnc2cc(C(=O)Nc3cccc(-c4ncn[nH]4)c3)cnc21. The lowest BCUT2D eigenvalue weighted by Crippen LogP contribution is -2.12. The molecule has 0 bridgehead atoms. The number of nitrogens with zero attached hydrogens (tertiary/aromatic N) is 5. The second-order valence-corrected chi connectivity index (χ2v) is 5.29. The molecule has 1 aromatic carbocycles. The molecule has 1 amide bonds. The summed E-state index contributed by atoms with van der Waals surface area (Å²) in [7, 11) is 1.86. The molecule has 0 unspecified atom stereocenters. The van der Waals surface area contributed by atoms with E-state index in [0.717, 1.165) is 11.2 Å². The van der Waals surface area contributed by atoms with E-state index < -0.39 is 0 Å². The highest BCUT2D eigenvalue weighted by Gasteiger charge is 2.11. The monoisotopic (exact) mass is 319 g/mol. The number of nitrogens with one attached hydrogen (secondary N) is 2. The number of amides is 1. The predicted octanol–water partition coefficient (Wildman–Crippen LogP) is 2.01. The molecule has 2 N–H and O–H groups in total. The molecule has 0 aliphatic carbocycles. The molecule has 0 radical (unpaired) electrons. The van der Waals surface area contributed by atoms with Gasteiger partial charge in [0.25, 0.3) is 5.91 Å². The minimum atomic E-state index is -0.246. The van der Waals surface area contributed by atoms with E-state index in [2.05, 4.69) is 30.5 Å². The van der Waals surface area contributed by atoms with Crippen LogP contribution in [-0.2, 0) is 7.05 Å². The van der Waals surface area contributed by atoms with Gasteiger partial charge in [0.05, 0.1) is 11.9 Å². The first kappa shape index (κ1) is 14.1. The first-order valence-corrected chi connectivity index (χ1v) is 7.25. The van der Waals surface area contributed by atoms with Gasteiger partial charge in [-0.05, 0) is 18.2 Å². The van der Waals surface area contributed by atoms with Crippen LogP contribution in [0.15, 0.2) is 49.2 Å². The van der Waals surface area contributed by atoms with Gasteiger partial charge in [-0.15, -0.1) is 0 Å². The van der Waals surface area contributed by atoms with Crippen LogP contribution < -0.4 is 5.32 Å². The van der Waals surface area contributed by atoms with Crippen LogP contribution in [0.2, 0.25) is 0 Å². The summed E-state index contributed by atoms with van der Waals surface area (Å²) in [5.41, 5.74) is 3.37. The molecule has 0 atom stereocenters. The number of carbonyl (C=O) groups is 1. The molecule has 0 saturated heterocycles. The number of hydrogen-bond acceptors (Lipinski definition) is 5. The molecule has 0 fully saturated rings. The third kappa shape index (κ3) is 2.50. The summed E-state index contributed by atoms with van der Waals surface area (Å²) in [6.45, 7) is 0. The molecule has 118 valence electrons. The summed E-state index contributed by atoms with van der Waals surface area (Å²) in [5.74, 6) is 0.396. The van der Waals surface area contributed by atoms with Crippen molar-refractivity contribution in [1.29, 1.82) is 0 Å². The average Bonchev–Trinajstić information content (AvgIpc) is 3.25. The Balaban J connectivity index is 1.60. The third-order valence-corrected chi connectivity index (χ3v) is 3.62. The molecule has 0 aliphatic heterocycles. The van der Waals surface area contributed by atoms with Crippen LogP contribution in [0.5, 0.6) is 0 Å². The molecule has 0 aliphatic rings. The van der Waals surface area contributed by atoms with Gasteiger partial charge in [-0.25, -0.2) is 15.0 Å². The Morgan fingerprint density at radius 3 is 2.96 bits per heavy atom. The fraction of sp³-hybridized carbons (Fsp3) is 0.0625. The van der Waals surface area contributed by atoms with Crippen molar-refractivity contribution in [3.63, 3.8) is 0 Å². The maximum absolute atomic E-state index is 12.4. The Labute approximate surface area is 136 Å². The number of hydrogen-bond donors (Lipinski definition) is 2. The van der Waals surface area contributed by atoms with Crippen molar-refractivity contribution < 1.29 is 4.79 Å². The van der Waals surface area contributed by atoms with Crippen molar-refractivity contribution in [2.24, 2.45) is 7.05 Å². The van der Waals surface area contributed by atoms with Gasteiger partial charge in [0.1, 0.15) is 11.8 Å². The molecular weight excluding hydrogens is 306 g/mol. The number of rotatable bonds is 3. The number of aromatic amines is 1. The second kappa shape index (κ2) is 5.58. The zero-order valence-corrected chi connectivity index (χ0v) is 12.8. The normalized spacial score (nSPS) is 10.9. The zero-order chi connectivity index (χ0) is 16.5. The minimum Gasteiger partial charge on any atom is -0.322 e. The molecule has 24 heavy (non-hydrogen) atoms. The van der Waals surface area contributed by atoms with E-state index in [1.165, 1.54) is 6.33 Å². The number of anilines is 1. The predicted molar refractivity (Wildman–Crippen MR) is 88.3 cm³/mol. The number of aryl methyl sites for hydroxylation is 1. The van der Waals surface area contributed by atoms with Crippen LogP contribution in [-0.4, -0.2) is 35.6 Å². The summed E-state index contributed by atoms with van der Waals surface area (Å²) in [6.07, 6.45) is 4.65. The lowest BCUT2D eigenvalue weighted by atomic mass is 10.2. The topological polar surface area (TPSA) is 101 Å². The van der Waals surface area contributed by atoms with Crippen molar-refractivity contribution in [3.8, 4) is 11.4 Å². The fourth-order valence-corrected chi connectivity index (χ4v) is 2.43. The van der Waals surface area contributed by atoms with Crippen molar-refractivity contribution in [2.45, 2.75) is 0 Å².